The minimum absolute atomic E-state index is 0.262. The number of anilines is 3. The Bertz CT molecular complexity index is 904. The van der Waals surface area contributed by atoms with Crippen LogP contribution in [0.2, 0.25) is 5.02 Å². The summed E-state index contributed by atoms with van der Waals surface area (Å²) in [5.41, 5.74) is 2.19. The number of hydrogen-bond acceptors (Lipinski definition) is 5. The zero-order valence-corrected chi connectivity index (χ0v) is 15.4. The van der Waals surface area contributed by atoms with E-state index in [1.165, 1.54) is 6.26 Å². The van der Waals surface area contributed by atoms with Crippen molar-refractivity contribution < 1.29 is 9.21 Å². The van der Waals surface area contributed by atoms with E-state index < -0.39 is 0 Å². The van der Waals surface area contributed by atoms with Crippen molar-refractivity contribution in [1.29, 1.82) is 0 Å². The van der Waals surface area contributed by atoms with Crippen LogP contribution in [0.3, 0.4) is 0 Å². The standard InChI is InChI=1S/C20H19ClN4O2/c21-15-3-1-4-16(13-15)24-8-10-25(11-9-24)17-6-7-19(22-14-17)23-20(26)18-5-2-12-27-18/h1-7,12-14H,8-11H2,(H,22,23,26). The van der Waals surface area contributed by atoms with Crippen molar-refractivity contribution in [2.24, 2.45) is 0 Å². The minimum atomic E-state index is -0.310. The van der Waals surface area contributed by atoms with Crippen LogP contribution in [-0.4, -0.2) is 37.1 Å². The van der Waals surface area contributed by atoms with Crippen LogP contribution in [0, 0.1) is 0 Å². The molecule has 0 spiro atoms. The topological polar surface area (TPSA) is 61.6 Å². The van der Waals surface area contributed by atoms with Crippen molar-refractivity contribution in [1.82, 2.24) is 4.98 Å². The Morgan fingerprint density at radius 1 is 1.00 bits per heavy atom. The minimum Gasteiger partial charge on any atom is -0.459 e. The summed E-state index contributed by atoms with van der Waals surface area (Å²) < 4.78 is 5.08. The highest BCUT2D eigenvalue weighted by molar-refractivity contribution is 6.30. The molecule has 3 heterocycles. The van der Waals surface area contributed by atoms with Crippen LogP contribution < -0.4 is 15.1 Å². The molecule has 1 fully saturated rings. The van der Waals surface area contributed by atoms with Crippen LogP contribution in [0.1, 0.15) is 10.6 Å². The first-order valence-electron chi connectivity index (χ1n) is 8.75. The molecule has 1 aliphatic rings. The molecule has 6 nitrogen and oxygen atoms in total. The molecular formula is C20H19ClN4O2. The lowest BCUT2D eigenvalue weighted by atomic mass is 10.2. The van der Waals surface area contributed by atoms with E-state index in [1.54, 1.807) is 24.4 Å². The number of rotatable bonds is 4. The molecule has 1 aliphatic heterocycles. The van der Waals surface area contributed by atoms with E-state index in [0.29, 0.717) is 5.82 Å². The second-order valence-electron chi connectivity index (χ2n) is 6.29. The predicted molar refractivity (Wildman–Crippen MR) is 107 cm³/mol. The number of benzene rings is 1. The molecular weight excluding hydrogens is 364 g/mol. The number of aromatic nitrogens is 1. The van der Waals surface area contributed by atoms with Gasteiger partial charge in [0, 0.05) is 36.9 Å². The van der Waals surface area contributed by atoms with E-state index in [4.69, 9.17) is 16.0 Å². The van der Waals surface area contributed by atoms with Gasteiger partial charge in [-0.1, -0.05) is 17.7 Å². The summed E-state index contributed by atoms with van der Waals surface area (Å²) in [6.45, 7) is 3.62. The van der Waals surface area contributed by atoms with Gasteiger partial charge in [-0.15, -0.1) is 0 Å². The summed E-state index contributed by atoms with van der Waals surface area (Å²) in [5.74, 6) is 0.450. The predicted octanol–water partition coefficient (Wildman–Crippen LogP) is 3.91. The summed E-state index contributed by atoms with van der Waals surface area (Å²) in [5, 5.41) is 3.48. The van der Waals surface area contributed by atoms with Crippen LogP contribution in [0.15, 0.2) is 65.4 Å². The zero-order valence-electron chi connectivity index (χ0n) is 14.6. The fourth-order valence-corrected chi connectivity index (χ4v) is 3.31. The number of nitrogens with zero attached hydrogens (tertiary/aromatic N) is 3. The maximum Gasteiger partial charge on any atom is 0.292 e. The maximum atomic E-state index is 12.0. The SMILES string of the molecule is O=C(Nc1ccc(N2CCN(c3cccc(Cl)c3)CC2)cn1)c1ccco1. The molecule has 1 amide bonds. The van der Waals surface area contributed by atoms with E-state index in [2.05, 4.69) is 26.2 Å². The molecule has 7 heteroatoms. The van der Waals surface area contributed by atoms with Crippen LogP contribution >= 0.6 is 11.6 Å². The number of furan rings is 1. The Kier molecular flexibility index (Phi) is 4.98. The fraction of sp³-hybridized carbons (Fsp3) is 0.200. The Balaban J connectivity index is 1.35. The molecule has 2 aromatic heterocycles. The van der Waals surface area contributed by atoms with Crippen LogP contribution in [0.5, 0.6) is 0 Å². The summed E-state index contributed by atoms with van der Waals surface area (Å²) in [7, 11) is 0. The number of nitrogens with one attached hydrogen (secondary N) is 1. The van der Waals surface area contributed by atoms with Gasteiger partial charge in [0.1, 0.15) is 5.82 Å². The van der Waals surface area contributed by atoms with E-state index >= 15 is 0 Å². The number of amides is 1. The van der Waals surface area contributed by atoms with Crippen molar-refractivity contribution in [2.75, 3.05) is 41.3 Å². The fourth-order valence-electron chi connectivity index (χ4n) is 3.13. The van der Waals surface area contributed by atoms with Gasteiger partial charge in [-0.3, -0.25) is 4.79 Å². The van der Waals surface area contributed by atoms with Crippen molar-refractivity contribution in [3.8, 4) is 0 Å². The van der Waals surface area contributed by atoms with Gasteiger partial charge in [0.25, 0.3) is 5.91 Å². The monoisotopic (exact) mass is 382 g/mol. The van der Waals surface area contributed by atoms with E-state index in [-0.39, 0.29) is 11.7 Å². The zero-order chi connectivity index (χ0) is 18.6. The largest absolute Gasteiger partial charge is 0.459 e. The molecule has 0 radical (unpaired) electrons. The first-order valence-corrected chi connectivity index (χ1v) is 9.13. The van der Waals surface area contributed by atoms with Gasteiger partial charge >= 0.3 is 0 Å². The molecule has 138 valence electrons. The lowest BCUT2D eigenvalue weighted by Gasteiger charge is -2.37. The Morgan fingerprint density at radius 2 is 1.78 bits per heavy atom. The second-order valence-corrected chi connectivity index (χ2v) is 6.72. The molecule has 1 aromatic carbocycles. The lowest BCUT2D eigenvalue weighted by molar-refractivity contribution is 0.0996. The van der Waals surface area contributed by atoms with Gasteiger partial charge in [-0.25, -0.2) is 4.98 Å². The molecule has 4 rings (SSSR count). The normalized spacial score (nSPS) is 14.3. The lowest BCUT2D eigenvalue weighted by Crippen LogP contribution is -2.46. The van der Waals surface area contributed by atoms with Crippen LogP contribution in [-0.2, 0) is 0 Å². The third kappa shape index (κ3) is 4.06. The number of carbonyl (C=O) groups is 1. The number of pyridine rings is 1. The van der Waals surface area contributed by atoms with Gasteiger partial charge in [-0.2, -0.15) is 0 Å². The van der Waals surface area contributed by atoms with Crippen molar-refractivity contribution in [2.45, 2.75) is 0 Å². The first kappa shape index (κ1) is 17.4. The molecule has 0 unspecified atom stereocenters. The van der Waals surface area contributed by atoms with Gasteiger partial charge < -0.3 is 19.5 Å². The smallest absolute Gasteiger partial charge is 0.292 e. The summed E-state index contributed by atoms with van der Waals surface area (Å²) in [4.78, 5) is 20.9. The molecule has 0 aliphatic carbocycles. The molecule has 3 aromatic rings. The highest BCUT2D eigenvalue weighted by atomic mass is 35.5. The summed E-state index contributed by atoms with van der Waals surface area (Å²) in [6, 6.07) is 15.0. The number of halogens is 1. The van der Waals surface area contributed by atoms with Crippen LogP contribution in [0.25, 0.3) is 0 Å². The molecule has 1 saturated heterocycles. The van der Waals surface area contributed by atoms with E-state index in [9.17, 15) is 4.79 Å². The molecule has 0 atom stereocenters. The van der Waals surface area contributed by atoms with E-state index in [1.807, 2.05) is 24.3 Å². The van der Waals surface area contributed by atoms with Crippen molar-refractivity contribution in [3.05, 3.63) is 71.8 Å². The second kappa shape index (κ2) is 7.72. The first-order chi connectivity index (χ1) is 13.2. The van der Waals surface area contributed by atoms with Gasteiger partial charge in [-0.05, 0) is 42.5 Å². The van der Waals surface area contributed by atoms with Crippen molar-refractivity contribution >= 4 is 34.7 Å². The van der Waals surface area contributed by atoms with Gasteiger partial charge in [0.15, 0.2) is 5.76 Å². The van der Waals surface area contributed by atoms with E-state index in [0.717, 1.165) is 42.6 Å². The molecule has 27 heavy (non-hydrogen) atoms. The number of hydrogen-bond donors (Lipinski definition) is 1. The Morgan fingerprint density at radius 3 is 2.41 bits per heavy atom. The summed E-state index contributed by atoms with van der Waals surface area (Å²) >= 11 is 6.09. The Labute approximate surface area is 162 Å². The third-order valence-electron chi connectivity index (χ3n) is 4.55. The third-order valence-corrected chi connectivity index (χ3v) is 4.79. The average molecular weight is 383 g/mol. The molecule has 0 bridgehead atoms. The van der Waals surface area contributed by atoms with Gasteiger partial charge in [0.2, 0.25) is 0 Å². The maximum absolute atomic E-state index is 12.0. The Hall–Kier alpha value is -2.99. The summed E-state index contributed by atoms with van der Waals surface area (Å²) in [6.07, 6.45) is 3.25. The number of piperazine rings is 1. The average Bonchev–Trinajstić information content (AvgIpc) is 3.24. The van der Waals surface area contributed by atoms with Crippen molar-refractivity contribution in [3.63, 3.8) is 0 Å². The number of carbonyl (C=O) groups excluding carboxylic acids is 1. The van der Waals surface area contributed by atoms with Crippen LogP contribution in [0.4, 0.5) is 17.2 Å². The highest BCUT2D eigenvalue weighted by Gasteiger charge is 2.18. The molecule has 0 saturated carbocycles. The molecule has 1 N–H and O–H groups in total. The quantitative estimate of drug-likeness (QED) is 0.741. The highest BCUT2D eigenvalue weighted by Crippen LogP contribution is 2.23. The van der Waals surface area contributed by atoms with Gasteiger partial charge in [0.05, 0.1) is 18.1 Å².